The van der Waals surface area contributed by atoms with Gasteiger partial charge in [0.25, 0.3) is 5.91 Å². The minimum atomic E-state index is -0.174. The molecule has 0 atom stereocenters. The number of aromatic nitrogens is 1. The lowest BCUT2D eigenvalue weighted by atomic mass is 10.0. The van der Waals surface area contributed by atoms with Crippen molar-refractivity contribution in [3.63, 3.8) is 0 Å². The quantitative estimate of drug-likeness (QED) is 0.714. The van der Waals surface area contributed by atoms with Gasteiger partial charge in [0.05, 0.1) is 5.69 Å². The third-order valence-corrected chi connectivity index (χ3v) is 6.34. The monoisotopic (exact) mass is 380 g/mol. The number of nitrogens with one attached hydrogen (secondary N) is 1. The third kappa shape index (κ3) is 3.31. The molecular weight excluding hydrogens is 356 g/mol. The number of pyridine rings is 1. The van der Waals surface area contributed by atoms with Crippen molar-refractivity contribution in [3.05, 3.63) is 52.0 Å². The first-order valence-electron chi connectivity index (χ1n) is 9.26. The number of carbonyl (C=O) groups is 1. The molecule has 6 heteroatoms. The summed E-state index contributed by atoms with van der Waals surface area (Å²) in [7, 11) is 0. The normalized spacial score (nSPS) is 14.5. The number of fused-ring (bicyclic) bond motifs is 2. The lowest BCUT2D eigenvalue weighted by Crippen LogP contribution is -2.36. The summed E-state index contributed by atoms with van der Waals surface area (Å²) >= 11 is 1.38. The first-order chi connectivity index (χ1) is 12.9. The van der Waals surface area contributed by atoms with Gasteiger partial charge in [0.2, 0.25) is 0 Å². The zero-order chi connectivity index (χ0) is 19.1. The number of hydrogen-bond donors (Lipinski definition) is 2. The molecule has 0 radical (unpaired) electrons. The molecule has 0 aliphatic carbocycles. The van der Waals surface area contributed by atoms with Gasteiger partial charge in [-0.15, -0.1) is 11.3 Å². The number of anilines is 2. The van der Waals surface area contributed by atoms with E-state index in [1.54, 1.807) is 0 Å². The van der Waals surface area contributed by atoms with Crippen LogP contribution in [0, 0.1) is 6.92 Å². The van der Waals surface area contributed by atoms with E-state index in [1.165, 1.54) is 16.9 Å². The number of amides is 1. The lowest BCUT2D eigenvalue weighted by molar-refractivity contribution is 0.103. The number of nitrogens with zero attached hydrogens (tertiary/aromatic N) is 2. The predicted molar refractivity (Wildman–Crippen MR) is 112 cm³/mol. The van der Waals surface area contributed by atoms with Gasteiger partial charge < -0.3 is 11.1 Å². The molecule has 2 aromatic heterocycles. The summed E-state index contributed by atoms with van der Waals surface area (Å²) < 4.78 is 0. The van der Waals surface area contributed by atoms with Crippen molar-refractivity contribution >= 4 is 38.8 Å². The smallest absolute Gasteiger partial charge is 0.267 e. The Bertz CT molecular complexity index is 1020. The number of benzene rings is 1. The molecule has 0 unspecified atom stereocenters. The summed E-state index contributed by atoms with van der Waals surface area (Å²) in [5.41, 5.74) is 11.1. The van der Waals surface area contributed by atoms with Crippen molar-refractivity contribution in [2.45, 2.75) is 39.8 Å². The number of para-hydroxylation sites is 1. The minimum absolute atomic E-state index is 0.174. The Morgan fingerprint density at radius 1 is 1.33 bits per heavy atom. The first kappa shape index (κ1) is 17.9. The number of thiophene rings is 1. The van der Waals surface area contributed by atoms with Crippen LogP contribution in [-0.4, -0.2) is 28.4 Å². The van der Waals surface area contributed by atoms with Gasteiger partial charge in [-0.05, 0) is 44.0 Å². The molecule has 4 rings (SSSR count). The standard InChI is InChI=1S/C21H24N4OS/c1-12(2)25-9-8-17-14(11-25)10-15-18(22)19(27-21(15)24-17)20(26)23-16-7-5-4-6-13(16)3/h4-7,10,12H,8-9,11,22H2,1-3H3,(H,23,26). The molecule has 3 N–H and O–H groups in total. The Kier molecular flexibility index (Phi) is 4.61. The molecule has 27 heavy (non-hydrogen) atoms. The molecule has 3 aromatic rings. The predicted octanol–water partition coefficient (Wildman–Crippen LogP) is 4.21. The highest BCUT2D eigenvalue weighted by Gasteiger charge is 2.23. The van der Waals surface area contributed by atoms with E-state index in [9.17, 15) is 4.79 Å². The number of rotatable bonds is 3. The molecule has 0 spiro atoms. The molecule has 1 amide bonds. The van der Waals surface area contributed by atoms with Gasteiger partial charge >= 0.3 is 0 Å². The maximum Gasteiger partial charge on any atom is 0.267 e. The van der Waals surface area contributed by atoms with Gasteiger partial charge in [0.15, 0.2) is 0 Å². The number of hydrogen-bond acceptors (Lipinski definition) is 5. The second-order valence-corrected chi connectivity index (χ2v) is 8.37. The second-order valence-electron chi connectivity index (χ2n) is 7.38. The van der Waals surface area contributed by atoms with E-state index in [-0.39, 0.29) is 5.91 Å². The molecular formula is C21H24N4OS. The van der Waals surface area contributed by atoms with E-state index in [0.29, 0.717) is 16.6 Å². The zero-order valence-corrected chi connectivity index (χ0v) is 16.7. The largest absolute Gasteiger partial charge is 0.397 e. The summed E-state index contributed by atoms with van der Waals surface area (Å²) in [6.45, 7) is 8.30. The Morgan fingerprint density at radius 2 is 2.11 bits per heavy atom. The molecule has 140 valence electrons. The molecule has 1 aromatic carbocycles. The third-order valence-electron chi connectivity index (χ3n) is 5.23. The van der Waals surface area contributed by atoms with Crippen LogP contribution in [0.2, 0.25) is 0 Å². The van der Waals surface area contributed by atoms with E-state index in [2.05, 4.69) is 30.1 Å². The zero-order valence-electron chi connectivity index (χ0n) is 15.9. The summed E-state index contributed by atoms with van der Waals surface area (Å²) in [6, 6.07) is 10.4. The molecule has 0 saturated heterocycles. The maximum absolute atomic E-state index is 12.8. The van der Waals surface area contributed by atoms with E-state index in [4.69, 9.17) is 10.7 Å². The van der Waals surface area contributed by atoms with Crippen molar-refractivity contribution in [1.29, 1.82) is 0 Å². The highest BCUT2D eigenvalue weighted by atomic mass is 32.1. The number of nitrogen functional groups attached to an aromatic ring is 1. The van der Waals surface area contributed by atoms with Gasteiger partial charge in [-0.1, -0.05) is 18.2 Å². The van der Waals surface area contributed by atoms with E-state index < -0.39 is 0 Å². The van der Waals surface area contributed by atoms with E-state index in [0.717, 1.165) is 46.7 Å². The summed E-state index contributed by atoms with van der Waals surface area (Å²) in [4.78, 5) is 21.4. The summed E-state index contributed by atoms with van der Waals surface area (Å²) in [5.74, 6) is -0.174. The molecule has 5 nitrogen and oxygen atoms in total. The molecule has 0 saturated carbocycles. The van der Waals surface area contributed by atoms with E-state index in [1.807, 2.05) is 31.2 Å². The number of nitrogens with two attached hydrogens (primary N) is 1. The van der Waals surface area contributed by atoms with Gasteiger partial charge in [-0.25, -0.2) is 4.98 Å². The van der Waals surface area contributed by atoms with Crippen LogP contribution in [0.1, 0.15) is 40.3 Å². The maximum atomic E-state index is 12.8. The van der Waals surface area contributed by atoms with Crippen LogP contribution >= 0.6 is 11.3 Å². The number of aryl methyl sites for hydroxylation is 1. The van der Waals surface area contributed by atoms with Crippen molar-refractivity contribution < 1.29 is 4.79 Å². The Balaban J connectivity index is 1.68. The molecule has 1 aliphatic heterocycles. The SMILES string of the molecule is Cc1ccccc1NC(=O)c1sc2nc3c(cc2c1N)CN(C(C)C)CC3. The van der Waals surface area contributed by atoms with Crippen LogP contribution < -0.4 is 11.1 Å². The molecule has 1 aliphatic rings. The van der Waals surface area contributed by atoms with Crippen LogP contribution in [0.3, 0.4) is 0 Å². The van der Waals surface area contributed by atoms with Crippen LogP contribution in [0.4, 0.5) is 11.4 Å². The summed E-state index contributed by atoms with van der Waals surface area (Å²) in [5, 5.41) is 3.86. The minimum Gasteiger partial charge on any atom is -0.397 e. The second kappa shape index (κ2) is 6.94. The lowest BCUT2D eigenvalue weighted by Gasteiger charge is -2.31. The van der Waals surface area contributed by atoms with Crippen molar-refractivity contribution in [3.8, 4) is 0 Å². The highest BCUT2D eigenvalue weighted by molar-refractivity contribution is 7.21. The fraction of sp³-hybridized carbons (Fsp3) is 0.333. The van der Waals surface area contributed by atoms with Gasteiger partial charge in [-0.2, -0.15) is 0 Å². The van der Waals surface area contributed by atoms with Crippen molar-refractivity contribution in [1.82, 2.24) is 9.88 Å². The van der Waals surface area contributed by atoms with Gasteiger partial charge in [0, 0.05) is 42.3 Å². The Labute approximate surface area is 163 Å². The van der Waals surface area contributed by atoms with Crippen LogP contribution in [0.5, 0.6) is 0 Å². The van der Waals surface area contributed by atoms with Crippen molar-refractivity contribution in [2.24, 2.45) is 0 Å². The first-order valence-corrected chi connectivity index (χ1v) is 10.1. The van der Waals surface area contributed by atoms with Crippen LogP contribution in [-0.2, 0) is 13.0 Å². The average Bonchev–Trinajstić information content (AvgIpc) is 2.97. The molecule has 3 heterocycles. The van der Waals surface area contributed by atoms with Gasteiger partial charge in [-0.3, -0.25) is 9.69 Å². The van der Waals surface area contributed by atoms with Crippen LogP contribution in [0.15, 0.2) is 30.3 Å². The highest BCUT2D eigenvalue weighted by Crippen LogP contribution is 2.35. The summed E-state index contributed by atoms with van der Waals surface area (Å²) in [6.07, 6.45) is 0.937. The Morgan fingerprint density at radius 3 is 2.85 bits per heavy atom. The van der Waals surface area contributed by atoms with E-state index >= 15 is 0 Å². The van der Waals surface area contributed by atoms with Crippen molar-refractivity contribution in [2.75, 3.05) is 17.6 Å². The molecule has 0 fully saturated rings. The average molecular weight is 381 g/mol. The van der Waals surface area contributed by atoms with Crippen LogP contribution in [0.25, 0.3) is 10.2 Å². The fourth-order valence-corrected chi connectivity index (χ4v) is 4.51. The fourth-order valence-electron chi connectivity index (χ4n) is 3.52. The number of carbonyl (C=O) groups excluding carboxylic acids is 1. The topological polar surface area (TPSA) is 71.2 Å². The van der Waals surface area contributed by atoms with Gasteiger partial charge in [0.1, 0.15) is 9.71 Å². The Hall–Kier alpha value is -2.44. The molecule has 0 bridgehead atoms.